The molecule has 1 aliphatic heterocycles. The smallest absolute Gasteiger partial charge is 0.338 e. The van der Waals surface area contributed by atoms with Gasteiger partial charge in [-0.15, -0.1) is 0 Å². The number of hydrogen-bond acceptors (Lipinski definition) is 4. The number of likely N-dealkylation sites (tertiary alicyclic amines) is 1. The van der Waals surface area contributed by atoms with Gasteiger partial charge in [-0.25, -0.2) is 17.4 Å². The molecular formula is C22H24F3N5O3S. The van der Waals surface area contributed by atoms with E-state index in [4.69, 9.17) is 0 Å². The molecular weight excluding hydrogens is 471 g/mol. The molecule has 8 nitrogen and oxygen atoms in total. The fraction of sp³-hybridized carbons (Fsp3) is 0.364. The molecule has 1 aliphatic rings. The van der Waals surface area contributed by atoms with Crippen LogP contribution < -0.4 is 0 Å². The second-order valence-electron chi connectivity index (χ2n) is 8.23. The molecule has 1 saturated heterocycles. The van der Waals surface area contributed by atoms with Crippen LogP contribution in [0.5, 0.6) is 0 Å². The Morgan fingerprint density at radius 2 is 1.76 bits per heavy atom. The van der Waals surface area contributed by atoms with Crippen LogP contribution in [0.15, 0.2) is 55.0 Å². The topological polar surface area (TPSA) is 80.4 Å². The highest BCUT2D eigenvalue weighted by molar-refractivity contribution is 7.88. The zero-order valence-electron chi connectivity index (χ0n) is 18.6. The second-order valence-corrected chi connectivity index (χ2v) is 10.3. The van der Waals surface area contributed by atoms with Gasteiger partial charge in [-0.1, -0.05) is 6.07 Å². The lowest BCUT2D eigenvalue weighted by Gasteiger charge is -2.35. The van der Waals surface area contributed by atoms with Crippen LogP contribution in [0.1, 0.15) is 28.8 Å². The van der Waals surface area contributed by atoms with Gasteiger partial charge >= 0.3 is 6.18 Å². The van der Waals surface area contributed by atoms with Crippen molar-refractivity contribution in [3.8, 4) is 11.5 Å². The molecule has 3 heterocycles. The number of aromatic nitrogens is 3. The number of sulfonamides is 1. The van der Waals surface area contributed by atoms with Crippen molar-refractivity contribution in [1.29, 1.82) is 0 Å². The van der Waals surface area contributed by atoms with Crippen molar-refractivity contribution in [2.45, 2.75) is 25.1 Å². The van der Waals surface area contributed by atoms with Crippen LogP contribution in [0.2, 0.25) is 0 Å². The average Bonchev–Trinajstić information content (AvgIpc) is 3.47. The highest BCUT2D eigenvalue weighted by Gasteiger charge is 2.33. The van der Waals surface area contributed by atoms with Gasteiger partial charge in [-0.05, 0) is 43.2 Å². The van der Waals surface area contributed by atoms with Crippen molar-refractivity contribution < 1.29 is 26.4 Å². The van der Waals surface area contributed by atoms with E-state index in [1.54, 1.807) is 34.0 Å². The summed E-state index contributed by atoms with van der Waals surface area (Å²) in [5.74, 6) is 0.00656. The molecule has 0 N–H and O–H groups in total. The molecule has 182 valence electrons. The Morgan fingerprint density at radius 1 is 1.12 bits per heavy atom. The van der Waals surface area contributed by atoms with Crippen molar-refractivity contribution in [1.82, 2.24) is 23.6 Å². The molecule has 1 aromatic carbocycles. The highest BCUT2D eigenvalue weighted by Crippen LogP contribution is 2.31. The van der Waals surface area contributed by atoms with Gasteiger partial charge in [0.2, 0.25) is 10.0 Å². The Hall–Kier alpha value is -3.12. The van der Waals surface area contributed by atoms with Crippen LogP contribution in [0, 0.1) is 0 Å². The van der Waals surface area contributed by atoms with Gasteiger partial charge in [0.15, 0.2) is 5.82 Å². The lowest BCUT2D eigenvalue weighted by atomic mass is 10.0. The van der Waals surface area contributed by atoms with Crippen molar-refractivity contribution in [2.75, 3.05) is 26.4 Å². The SMILES string of the molecule is CN(C1CCN(C(=O)c2cnn(-c3cccc(C(F)(F)F)c3)c2-n2cccc2)CC1)S(C)(=O)=O. The third-order valence-electron chi connectivity index (χ3n) is 6.03. The molecule has 0 saturated carbocycles. The van der Waals surface area contributed by atoms with E-state index in [0.717, 1.165) is 18.4 Å². The monoisotopic (exact) mass is 495 g/mol. The van der Waals surface area contributed by atoms with E-state index < -0.39 is 21.8 Å². The first-order valence-corrected chi connectivity index (χ1v) is 12.4. The summed E-state index contributed by atoms with van der Waals surface area (Å²) in [5, 5.41) is 4.25. The Morgan fingerprint density at radius 3 is 2.35 bits per heavy atom. The standard InChI is InChI=1S/C22H24F3N5O3S/c1-27(34(2,32)33)17-8-12-29(13-9-17)21(31)19-15-26-30(20(19)28-10-3-4-11-28)18-7-5-6-16(14-18)22(23,24)25/h3-7,10-11,14-15,17H,8-9,12-13H2,1-2H3. The van der Waals surface area contributed by atoms with Crippen LogP contribution in [-0.2, 0) is 16.2 Å². The van der Waals surface area contributed by atoms with E-state index in [2.05, 4.69) is 5.10 Å². The molecule has 12 heteroatoms. The van der Waals surface area contributed by atoms with E-state index in [1.165, 1.54) is 34.4 Å². The van der Waals surface area contributed by atoms with Gasteiger partial charge in [-0.2, -0.15) is 18.3 Å². The Bertz CT molecular complexity index is 1280. The summed E-state index contributed by atoms with van der Waals surface area (Å²) in [6.45, 7) is 0.701. The minimum atomic E-state index is -4.51. The molecule has 0 aliphatic carbocycles. The summed E-state index contributed by atoms with van der Waals surface area (Å²) < 4.78 is 67.7. The molecule has 0 atom stereocenters. The first-order valence-electron chi connectivity index (χ1n) is 10.6. The number of carbonyl (C=O) groups is 1. The van der Waals surface area contributed by atoms with Gasteiger partial charge in [-0.3, -0.25) is 4.79 Å². The molecule has 1 amide bonds. The predicted molar refractivity (Wildman–Crippen MR) is 119 cm³/mol. The summed E-state index contributed by atoms with van der Waals surface area (Å²) in [6.07, 6.45) is 2.32. The summed E-state index contributed by atoms with van der Waals surface area (Å²) in [6, 6.07) is 8.04. The van der Waals surface area contributed by atoms with E-state index in [-0.39, 0.29) is 23.2 Å². The van der Waals surface area contributed by atoms with Crippen LogP contribution in [0.25, 0.3) is 11.5 Å². The molecule has 0 spiro atoms. The number of alkyl halides is 3. The number of amides is 1. The third kappa shape index (κ3) is 4.73. The minimum absolute atomic E-state index is 0.172. The molecule has 0 bridgehead atoms. The van der Waals surface area contributed by atoms with E-state index >= 15 is 0 Å². The Kier molecular flexibility index (Phi) is 6.30. The predicted octanol–water partition coefficient (Wildman–Crippen LogP) is 3.18. The molecule has 3 aromatic rings. The lowest BCUT2D eigenvalue weighted by Crippen LogP contribution is -2.47. The van der Waals surface area contributed by atoms with Gasteiger partial charge in [0.1, 0.15) is 5.56 Å². The van der Waals surface area contributed by atoms with Crippen molar-refractivity contribution in [2.24, 2.45) is 0 Å². The summed E-state index contributed by atoms with van der Waals surface area (Å²) >= 11 is 0. The lowest BCUT2D eigenvalue weighted by molar-refractivity contribution is -0.137. The van der Waals surface area contributed by atoms with E-state index in [0.29, 0.717) is 31.7 Å². The molecule has 0 unspecified atom stereocenters. The molecule has 2 aromatic heterocycles. The van der Waals surface area contributed by atoms with Crippen molar-refractivity contribution in [3.05, 3.63) is 66.1 Å². The minimum Gasteiger partial charge on any atom is -0.338 e. The summed E-state index contributed by atoms with van der Waals surface area (Å²) in [5.41, 5.74) is -0.404. The average molecular weight is 496 g/mol. The van der Waals surface area contributed by atoms with Crippen LogP contribution >= 0.6 is 0 Å². The maximum Gasteiger partial charge on any atom is 0.416 e. The number of rotatable bonds is 5. The van der Waals surface area contributed by atoms with Crippen LogP contribution in [-0.4, -0.2) is 70.3 Å². The molecule has 1 fully saturated rings. The number of nitrogens with zero attached hydrogens (tertiary/aromatic N) is 5. The molecule has 0 radical (unpaired) electrons. The zero-order chi connectivity index (χ0) is 24.7. The van der Waals surface area contributed by atoms with Crippen LogP contribution in [0.3, 0.4) is 0 Å². The zero-order valence-corrected chi connectivity index (χ0v) is 19.4. The summed E-state index contributed by atoms with van der Waals surface area (Å²) in [7, 11) is -1.81. The van der Waals surface area contributed by atoms with Gasteiger partial charge in [0, 0.05) is 38.6 Å². The quantitative estimate of drug-likeness (QED) is 0.545. The first kappa shape index (κ1) is 24.0. The number of benzene rings is 1. The number of carbonyl (C=O) groups excluding carboxylic acids is 1. The highest BCUT2D eigenvalue weighted by atomic mass is 32.2. The van der Waals surface area contributed by atoms with Gasteiger partial charge in [0.05, 0.1) is 23.7 Å². The number of halogens is 3. The second kappa shape index (κ2) is 8.91. The fourth-order valence-corrected chi connectivity index (χ4v) is 4.85. The summed E-state index contributed by atoms with van der Waals surface area (Å²) in [4.78, 5) is 15.0. The van der Waals surface area contributed by atoms with Gasteiger partial charge < -0.3 is 9.47 Å². The molecule has 34 heavy (non-hydrogen) atoms. The van der Waals surface area contributed by atoms with Crippen LogP contribution in [0.4, 0.5) is 13.2 Å². The number of hydrogen-bond donors (Lipinski definition) is 0. The Balaban J connectivity index is 1.65. The third-order valence-corrected chi connectivity index (χ3v) is 7.37. The fourth-order valence-electron chi connectivity index (χ4n) is 4.09. The van der Waals surface area contributed by atoms with Crippen molar-refractivity contribution in [3.63, 3.8) is 0 Å². The normalized spacial score (nSPS) is 15.8. The molecule has 4 rings (SSSR count). The first-order chi connectivity index (χ1) is 16.0. The number of piperidine rings is 1. The Labute approximate surface area is 195 Å². The van der Waals surface area contributed by atoms with E-state index in [9.17, 15) is 26.4 Å². The van der Waals surface area contributed by atoms with E-state index in [1.807, 2.05) is 0 Å². The van der Waals surface area contributed by atoms with Crippen molar-refractivity contribution >= 4 is 15.9 Å². The largest absolute Gasteiger partial charge is 0.416 e. The maximum absolute atomic E-state index is 13.4. The maximum atomic E-state index is 13.4. The van der Waals surface area contributed by atoms with Gasteiger partial charge in [0.25, 0.3) is 5.91 Å².